The minimum Gasteiger partial charge on any atom is -0.352 e. The molecule has 1 saturated heterocycles. The van der Waals surface area contributed by atoms with Crippen LogP contribution in [0.5, 0.6) is 0 Å². The molecular formula is C17H18BrN5O2. The van der Waals surface area contributed by atoms with Gasteiger partial charge in [0.25, 0.3) is 5.91 Å². The van der Waals surface area contributed by atoms with Crippen molar-refractivity contribution >= 4 is 33.8 Å². The molecule has 1 fully saturated rings. The first-order valence-corrected chi connectivity index (χ1v) is 8.64. The summed E-state index contributed by atoms with van der Waals surface area (Å²) < 4.78 is 0.952. The number of amides is 3. The van der Waals surface area contributed by atoms with Crippen molar-refractivity contribution < 1.29 is 9.59 Å². The number of carbonyl (C=O) groups is 2. The first-order chi connectivity index (χ1) is 11.9. The molecule has 2 N–H and O–H groups in total. The van der Waals surface area contributed by atoms with Crippen molar-refractivity contribution in [2.75, 3.05) is 18.4 Å². The fraction of sp³-hybridized carbons (Fsp3) is 0.294. The summed E-state index contributed by atoms with van der Waals surface area (Å²) >= 11 is 3.52. The number of carbonyl (C=O) groups excluding carboxylic acids is 2. The minimum atomic E-state index is -0.851. The van der Waals surface area contributed by atoms with Gasteiger partial charge in [-0.05, 0) is 26.0 Å². The van der Waals surface area contributed by atoms with E-state index in [1.807, 2.05) is 30.3 Å². The Morgan fingerprint density at radius 1 is 1.24 bits per heavy atom. The Balaban J connectivity index is 1.67. The Labute approximate surface area is 154 Å². The number of imide groups is 1. The van der Waals surface area contributed by atoms with Gasteiger partial charge in [-0.25, -0.2) is 14.8 Å². The maximum absolute atomic E-state index is 11.8. The van der Waals surface area contributed by atoms with Crippen molar-refractivity contribution in [2.45, 2.75) is 19.4 Å². The SMILES string of the molecule is CC1(C)C(=O)NC(=O)N1CCNc1nccc(-c2ccccc2Br)n1. The van der Waals surface area contributed by atoms with E-state index in [4.69, 9.17) is 0 Å². The molecule has 0 spiro atoms. The molecule has 1 aliphatic rings. The molecule has 0 aliphatic carbocycles. The van der Waals surface area contributed by atoms with Gasteiger partial charge in [-0.15, -0.1) is 0 Å². The number of hydrogen-bond acceptors (Lipinski definition) is 5. The van der Waals surface area contributed by atoms with Crippen molar-refractivity contribution in [3.8, 4) is 11.3 Å². The van der Waals surface area contributed by atoms with Crippen LogP contribution in [0.3, 0.4) is 0 Å². The molecule has 2 heterocycles. The van der Waals surface area contributed by atoms with Crippen molar-refractivity contribution in [3.05, 3.63) is 41.0 Å². The van der Waals surface area contributed by atoms with Gasteiger partial charge in [0.15, 0.2) is 0 Å². The van der Waals surface area contributed by atoms with E-state index in [2.05, 4.69) is 36.5 Å². The fourth-order valence-corrected chi connectivity index (χ4v) is 3.11. The molecule has 130 valence electrons. The lowest BCUT2D eigenvalue weighted by atomic mass is 10.0. The number of hydrogen-bond donors (Lipinski definition) is 2. The van der Waals surface area contributed by atoms with Crippen LogP contribution in [0.2, 0.25) is 0 Å². The third kappa shape index (κ3) is 3.48. The summed E-state index contributed by atoms with van der Waals surface area (Å²) in [4.78, 5) is 33.8. The summed E-state index contributed by atoms with van der Waals surface area (Å²) in [6.45, 7) is 4.24. The van der Waals surface area contributed by atoms with Crippen LogP contribution in [0, 0.1) is 0 Å². The largest absolute Gasteiger partial charge is 0.352 e. The summed E-state index contributed by atoms with van der Waals surface area (Å²) in [6, 6.07) is 9.27. The highest BCUT2D eigenvalue weighted by atomic mass is 79.9. The zero-order valence-electron chi connectivity index (χ0n) is 13.9. The molecule has 0 atom stereocenters. The van der Waals surface area contributed by atoms with Gasteiger partial charge in [0.05, 0.1) is 5.69 Å². The lowest BCUT2D eigenvalue weighted by Crippen LogP contribution is -2.46. The number of aromatic nitrogens is 2. The van der Waals surface area contributed by atoms with Crippen LogP contribution in [0.4, 0.5) is 10.7 Å². The lowest BCUT2D eigenvalue weighted by Gasteiger charge is -2.27. The molecule has 3 amide bonds. The van der Waals surface area contributed by atoms with Crippen LogP contribution in [0.15, 0.2) is 41.0 Å². The van der Waals surface area contributed by atoms with E-state index in [-0.39, 0.29) is 11.9 Å². The van der Waals surface area contributed by atoms with Gasteiger partial charge in [-0.1, -0.05) is 34.1 Å². The van der Waals surface area contributed by atoms with E-state index in [0.717, 1.165) is 15.7 Å². The van der Waals surface area contributed by atoms with Crippen molar-refractivity contribution in [3.63, 3.8) is 0 Å². The fourth-order valence-electron chi connectivity index (χ4n) is 2.62. The molecule has 8 heteroatoms. The van der Waals surface area contributed by atoms with Gasteiger partial charge in [-0.3, -0.25) is 10.1 Å². The molecule has 3 rings (SSSR count). The molecule has 2 aromatic rings. The minimum absolute atomic E-state index is 0.287. The standard InChI is InChI=1S/C17H18BrN5O2/c1-17(2)14(24)22-16(25)23(17)10-9-20-15-19-8-7-13(21-15)11-5-3-4-6-12(11)18/h3-8H,9-10H2,1-2H3,(H,19,20,21)(H,22,24,25). The second kappa shape index (κ2) is 6.79. The molecule has 1 aliphatic heterocycles. The Hall–Kier alpha value is -2.48. The molecular weight excluding hydrogens is 386 g/mol. The van der Waals surface area contributed by atoms with Crippen molar-refractivity contribution in [1.82, 2.24) is 20.2 Å². The topological polar surface area (TPSA) is 87.2 Å². The van der Waals surface area contributed by atoms with E-state index >= 15 is 0 Å². The summed E-state index contributed by atoms with van der Waals surface area (Å²) in [5, 5.41) is 5.43. The highest BCUT2D eigenvalue weighted by Crippen LogP contribution is 2.26. The number of nitrogens with one attached hydrogen (secondary N) is 2. The number of halogens is 1. The zero-order valence-corrected chi connectivity index (χ0v) is 15.5. The van der Waals surface area contributed by atoms with Gasteiger partial charge in [0.2, 0.25) is 5.95 Å². The van der Waals surface area contributed by atoms with Gasteiger partial charge in [-0.2, -0.15) is 0 Å². The van der Waals surface area contributed by atoms with Gasteiger partial charge < -0.3 is 10.2 Å². The second-order valence-electron chi connectivity index (χ2n) is 6.14. The highest BCUT2D eigenvalue weighted by Gasteiger charge is 2.44. The average Bonchev–Trinajstić information content (AvgIpc) is 2.77. The molecule has 0 radical (unpaired) electrons. The molecule has 7 nitrogen and oxygen atoms in total. The summed E-state index contributed by atoms with van der Waals surface area (Å²) in [5.41, 5.74) is 0.911. The number of urea groups is 1. The zero-order chi connectivity index (χ0) is 18.0. The van der Waals surface area contributed by atoms with Crippen LogP contribution in [-0.2, 0) is 4.79 Å². The molecule has 0 bridgehead atoms. The molecule has 0 saturated carbocycles. The molecule has 1 aromatic carbocycles. The third-order valence-corrected chi connectivity index (χ3v) is 4.81. The van der Waals surface area contributed by atoms with Crippen molar-refractivity contribution in [1.29, 1.82) is 0 Å². The Bertz CT molecular complexity index is 824. The predicted molar refractivity (Wildman–Crippen MR) is 98.0 cm³/mol. The Morgan fingerprint density at radius 2 is 2.00 bits per heavy atom. The van der Waals surface area contributed by atoms with Crippen LogP contribution in [0.25, 0.3) is 11.3 Å². The lowest BCUT2D eigenvalue weighted by molar-refractivity contribution is -0.125. The normalized spacial score (nSPS) is 16.0. The number of benzene rings is 1. The quantitative estimate of drug-likeness (QED) is 0.749. The van der Waals surface area contributed by atoms with Gasteiger partial charge >= 0.3 is 6.03 Å². The van der Waals surface area contributed by atoms with E-state index < -0.39 is 5.54 Å². The number of nitrogens with zero attached hydrogens (tertiary/aromatic N) is 3. The molecule has 25 heavy (non-hydrogen) atoms. The Morgan fingerprint density at radius 3 is 2.68 bits per heavy atom. The Kier molecular flexibility index (Phi) is 4.71. The van der Waals surface area contributed by atoms with Crippen LogP contribution < -0.4 is 10.6 Å². The van der Waals surface area contributed by atoms with Crippen LogP contribution in [0.1, 0.15) is 13.8 Å². The van der Waals surface area contributed by atoms with Crippen molar-refractivity contribution in [2.24, 2.45) is 0 Å². The maximum Gasteiger partial charge on any atom is 0.325 e. The summed E-state index contributed by atoms with van der Waals surface area (Å²) in [5.74, 6) is 0.182. The van der Waals surface area contributed by atoms with E-state index in [1.54, 1.807) is 20.0 Å². The second-order valence-corrected chi connectivity index (χ2v) is 7.00. The molecule has 0 unspecified atom stereocenters. The van der Waals surface area contributed by atoms with Gasteiger partial charge in [0, 0.05) is 29.3 Å². The smallest absolute Gasteiger partial charge is 0.325 e. The average molecular weight is 404 g/mol. The van der Waals surface area contributed by atoms with Gasteiger partial charge in [0.1, 0.15) is 5.54 Å². The monoisotopic (exact) mass is 403 g/mol. The van der Waals surface area contributed by atoms with E-state index in [0.29, 0.717) is 19.0 Å². The van der Waals surface area contributed by atoms with E-state index in [9.17, 15) is 9.59 Å². The molecule has 1 aromatic heterocycles. The number of anilines is 1. The van der Waals surface area contributed by atoms with Crippen LogP contribution >= 0.6 is 15.9 Å². The first-order valence-electron chi connectivity index (χ1n) is 7.84. The summed E-state index contributed by atoms with van der Waals surface area (Å²) in [6.07, 6.45) is 1.68. The first kappa shape index (κ1) is 17.3. The summed E-state index contributed by atoms with van der Waals surface area (Å²) in [7, 11) is 0. The highest BCUT2D eigenvalue weighted by molar-refractivity contribution is 9.10. The third-order valence-electron chi connectivity index (χ3n) is 4.12. The maximum atomic E-state index is 11.8. The predicted octanol–water partition coefficient (Wildman–Crippen LogP) is 2.65. The van der Waals surface area contributed by atoms with E-state index in [1.165, 1.54) is 4.90 Å². The number of rotatable bonds is 5. The van der Waals surface area contributed by atoms with Crippen LogP contribution in [-0.4, -0.2) is 45.4 Å².